The van der Waals surface area contributed by atoms with Crippen molar-refractivity contribution in [1.82, 2.24) is 15.5 Å². The summed E-state index contributed by atoms with van der Waals surface area (Å²) < 4.78 is 10.0. The van der Waals surface area contributed by atoms with E-state index < -0.39 is 0 Å². The first kappa shape index (κ1) is 12.1. The van der Waals surface area contributed by atoms with E-state index in [0.29, 0.717) is 12.4 Å². The third-order valence-corrected chi connectivity index (χ3v) is 3.47. The highest BCUT2D eigenvalue weighted by Gasteiger charge is 2.05. The van der Waals surface area contributed by atoms with Crippen molar-refractivity contribution >= 4 is 11.3 Å². The predicted octanol–water partition coefficient (Wildman–Crippen LogP) is 2.05. The van der Waals surface area contributed by atoms with Gasteiger partial charge in [-0.05, 0) is 19.0 Å². The molecule has 6 heteroatoms. The fraction of sp³-hybridized carbons (Fsp3) is 0.455. The Hall–Kier alpha value is -1.40. The minimum atomic E-state index is 0.503. The molecule has 92 valence electrons. The Morgan fingerprint density at radius 1 is 1.41 bits per heavy atom. The van der Waals surface area contributed by atoms with Crippen LogP contribution >= 0.6 is 11.3 Å². The molecule has 2 aromatic rings. The number of hydrogen-bond acceptors (Lipinski definition) is 6. The first-order valence-corrected chi connectivity index (χ1v) is 6.14. The number of thiazole rings is 1. The number of hydrogen-bond donors (Lipinski definition) is 1. The van der Waals surface area contributed by atoms with E-state index in [1.54, 1.807) is 24.5 Å². The van der Waals surface area contributed by atoms with Crippen molar-refractivity contribution in [3.63, 3.8) is 0 Å². The highest BCUT2D eigenvalue weighted by Crippen LogP contribution is 2.16. The van der Waals surface area contributed by atoms with Crippen LogP contribution in [-0.4, -0.2) is 17.3 Å². The lowest BCUT2D eigenvalue weighted by atomic mass is 10.4. The largest absolute Gasteiger partial charge is 0.479 e. The van der Waals surface area contributed by atoms with E-state index in [2.05, 4.69) is 22.4 Å². The van der Waals surface area contributed by atoms with Gasteiger partial charge in [0.25, 0.3) is 5.88 Å². The Morgan fingerprint density at radius 2 is 2.24 bits per heavy atom. The summed E-state index contributed by atoms with van der Waals surface area (Å²) in [5.41, 5.74) is 1.10. The molecule has 0 spiro atoms. The van der Waals surface area contributed by atoms with E-state index in [4.69, 9.17) is 9.26 Å². The van der Waals surface area contributed by atoms with Crippen LogP contribution < -0.4 is 10.1 Å². The molecule has 0 fully saturated rings. The molecule has 0 radical (unpaired) electrons. The molecule has 0 aliphatic heterocycles. The third-order valence-electron chi connectivity index (χ3n) is 2.39. The third kappa shape index (κ3) is 3.04. The SMILES string of the molecule is COc1cc(CNCc2nc(C)c(C)s2)on1. The Balaban J connectivity index is 1.83. The van der Waals surface area contributed by atoms with Crippen molar-refractivity contribution in [3.8, 4) is 5.88 Å². The maximum absolute atomic E-state index is 5.07. The zero-order chi connectivity index (χ0) is 12.3. The second kappa shape index (κ2) is 5.29. The van der Waals surface area contributed by atoms with Crippen LogP contribution in [0, 0.1) is 13.8 Å². The smallest absolute Gasteiger partial charge is 0.254 e. The standard InChI is InChI=1S/C11H15N3O2S/c1-7-8(2)17-11(13-7)6-12-5-9-4-10(15-3)14-16-9/h4,12H,5-6H2,1-3H3. The highest BCUT2D eigenvalue weighted by atomic mass is 32.1. The quantitative estimate of drug-likeness (QED) is 0.883. The van der Waals surface area contributed by atoms with Gasteiger partial charge in [0.1, 0.15) is 5.01 Å². The Morgan fingerprint density at radius 3 is 2.82 bits per heavy atom. The van der Waals surface area contributed by atoms with Crippen molar-refractivity contribution in [2.75, 3.05) is 7.11 Å². The summed E-state index contributed by atoms with van der Waals surface area (Å²) >= 11 is 1.71. The molecule has 0 aromatic carbocycles. The van der Waals surface area contributed by atoms with Crippen molar-refractivity contribution < 1.29 is 9.26 Å². The molecule has 0 aliphatic rings. The summed E-state index contributed by atoms with van der Waals surface area (Å²) in [7, 11) is 1.57. The first-order chi connectivity index (χ1) is 8.19. The van der Waals surface area contributed by atoms with Gasteiger partial charge in [-0.25, -0.2) is 4.98 Å². The van der Waals surface area contributed by atoms with E-state index in [-0.39, 0.29) is 0 Å². The van der Waals surface area contributed by atoms with E-state index in [1.165, 1.54) is 4.88 Å². The summed E-state index contributed by atoms with van der Waals surface area (Å²) in [6.07, 6.45) is 0. The summed E-state index contributed by atoms with van der Waals surface area (Å²) in [4.78, 5) is 5.71. The molecule has 17 heavy (non-hydrogen) atoms. The molecule has 2 rings (SSSR count). The lowest BCUT2D eigenvalue weighted by Crippen LogP contribution is -2.11. The van der Waals surface area contributed by atoms with Crippen LogP contribution in [0.5, 0.6) is 5.88 Å². The number of methoxy groups -OCH3 is 1. The van der Waals surface area contributed by atoms with Crippen LogP contribution in [0.1, 0.15) is 21.3 Å². The molecule has 2 heterocycles. The molecular weight excluding hydrogens is 238 g/mol. The average molecular weight is 253 g/mol. The molecule has 0 saturated heterocycles. The van der Waals surface area contributed by atoms with Gasteiger partial charge in [-0.2, -0.15) is 0 Å². The summed E-state index contributed by atoms with van der Waals surface area (Å²) in [5, 5.41) is 8.07. The highest BCUT2D eigenvalue weighted by molar-refractivity contribution is 7.11. The van der Waals surface area contributed by atoms with Crippen molar-refractivity contribution in [3.05, 3.63) is 27.4 Å². The van der Waals surface area contributed by atoms with E-state index in [9.17, 15) is 0 Å². The number of aryl methyl sites for hydroxylation is 2. The maximum atomic E-state index is 5.07. The lowest BCUT2D eigenvalue weighted by Gasteiger charge is -1.97. The molecule has 0 aliphatic carbocycles. The van der Waals surface area contributed by atoms with E-state index in [0.717, 1.165) is 23.0 Å². The minimum absolute atomic E-state index is 0.503. The number of aromatic nitrogens is 2. The summed E-state index contributed by atoms with van der Waals surface area (Å²) in [6.45, 7) is 5.46. The second-order valence-corrected chi connectivity index (χ2v) is 4.98. The number of ether oxygens (including phenoxy) is 1. The van der Waals surface area contributed by atoms with Gasteiger partial charge in [0.15, 0.2) is 5.76 Å². The van der Waals surface area contributed by atoms with Gasteiger partial charge < -0.3 is 14.6 Å². The molecule has 5 nitrogen and oxygen atoms in total. The Labute approximate surface area is 104 Å². The van der Waals surface area contributed by atoms with Crippen molar-refractivity contribution in [2.24, 2.45) is 0 Å². The zero-order valence-corrected chi connectivity index (χ0v) is 10.9. The maximum Gasteiger partial charge on any atom is 0.254 e. The van der Waals surface area contributed by atoms with Gasteiger partial charge in [-0.3, -0.25) is 0 Å². The molecule has 0 amide bonds. The minimum Gasteiger partial charge on any atom is -0.479 e. The normalized spacial score (nSPS) is 10.8. The van der Waals surface area contributed by atoms with Crippen LogP contribution in [0.15, 0.2) is 10.6 Å². The number of nitrogens with zero attached hydrogens (tertiary/aromatic N) is 2. The van der Waals surface area contributed by atoms with Crippen molar-refractivity contribution in [2.45, 2.75) is 26.9 Å². The fourth-order valence-corrected chi connectivity index (χ4v) is 2.28. The van der Waals surface area contributed by atoms with Gasteiger partial charge in [-0.1, -0.05) is 0 Å². The van der Waals surface area contributed by atoms with Gasteiger partial charge in [-0.15, -0.1) is 11.3 Å². The summed E-state index contributed by atoms with van der Waals surface area (Å²) in [6, 6.07) is 1.77. The second-order valence-electron chi connectivity index (χ2n) is 3.69. The zero-order valence-electron chi connectivity index (χ0n) is 10.1. The number of rotatable bonds is 5. The molecule has 1 N–H and O–H groups in total. The molecular formula is C11H15N3O2S. The number of nitrogens with one attached hydrogen (secondary N) is 1. The van der Waals surface area contributed by atoms with Gasteiger partial charge >= 0.3 is 0 Å². The van der Waals surface area contributed by atoms with E-state index >= 15 is 0 Å². The van der Waals surface area contributed by atoms with Crippen molar-refractivity contribution in [1.29, 1.82) is 0 Å². The van der Waals surface area contributed by atoms with Crippen LogP contribution in [0.25, 0.3) is 0 Å². The Bertz CT molecular complexity index is 473. The van der Waals surface area contributed by atoms with Crippen LogP contribution in [0.2, 0.25) is 0 Å². The van der Waals surface area contributed by atoms with Gasteiger partial charge in [0.05, 0.1) is 19.3 Å². The predicted molar refractivity (Wildman–Crippen MR) is 65.2 cm³/mol. The molecule has 0 unspecified atom stereocenters. The van der Waals surface area contributed by atoms with Crippen LogP contribution in [-0.2, 0) is 13.1 Å². The molecule has 0 bridgehead atoms. The monoisotopic (exact) mass is 253 g/mol. The average Bonchev–Trinajstić information content (AvgIpc) is 2.87. The molecule has 0 saturated carbocycles. The van der Waals surface area contributed by atoms with E-state index in [1.807, 2.05) is 6.92 Å². The van der Waals surface area contributed by atoms with Gasteiger partial charge in [0, 0.05) is 17.5 Å². The molecule has 2 aromatic heterocycles. The Kier molecular flexibility index (Phi) is 3.75. The first-order valence-electron chi connectivity index (χ1n) is 5.32. The van der Waals surface area contributed by atoms with Crippen LogP contribution in [0.4, 0.5) is 0 Å². The summed E-state index contributed by atoms with van der Waals surface area (Å²) in [5.74, 6) is 1.26. The molecule has 0 atom stereocenters. The lowest BCUT2D eigenvalue weighted by molar-refractivity contribution is 0.323. The van der Waals surface area contributed by atoms with Gasteiger partial charge in [0.2, 0.25) is 0 Å². The topological polar surface area (TPSA) is 60.2 Å². The van der Waals surface area contributed by atoms with Crippen LogP contribution in [0.3, 0.4) is 0 Å². The fourth-order valence-electron chi connectivity index (χ4n) is 1.38.